The van der Waals surface area contributed by atoms with Crippen LogP contribution in [-0.4, -0.2) is 14.8 Å². The molecular weight excluding hydrogens is 368 g/mol. The Morgan fingerprint density at radius 1 is 1.19 bits per heavy atom. The van der Waals surface area contributed by atoms with Crippen molar-refractivity contribution >= 4 is 45.5 Å². The first-order chi connectivity index (χ1) is 12.6. The summed E-state index contributed by atoms with van der Waals surface area (Å²) in [6.45, 7) is 2.10. The summed E-state index contributed by atoms with van der Waals surface area (Å²) in [6, 6.07) is 14.5. The zero-order valence-electron chi connectivity index (χ0n) is 14.3. The number of unbranched alkanes of at least 4 members (excludes halogenated alkanes) is 1. The predicted octanol–water partition coefficient (Wildman–Crippen LogP) is 4.33. The minimum Gasteiger partial charge on any atom is -0.331 e. The van der Waals surface area contributed by atoms with Crippen LogP contribution in [-0.2, 0) is 6.42 Å². The van der Waals surface area contributed by atoms with Crippen molar-refractivity contribution in [3.05, 3.63) is 69.7 Å². The average Bonchev–Trinajstić information content (AvgIpc) is 2.64. The maximum absolute atomic E-state index is 12.9. The van der Waals surface area contributed by atoms with E-state index in [0.717, 1.165) is 18.5 Å². The van der Waals surface area contributed by atoms with Crippen molar-refractivity contribution in [1.29, 1.82) is 0 Å². The quantitative estimate of drug-likeness (QED) is 0.639. The van der Waals surface area contributed by atoms with Gasteiger partial charge in [-0.15, -0.1) is 0 Å². The average molecular weight is 387 g/mol. The lowest BCUT2D eigenvalue weighted by Crippen LogP contribution is -2.38. The van der Waals surface area contributed by atoms with Crippen LogP contribution in [0, 0.1) is 0 Å². The van der Waals surface area contributed by atoms with Crippen LogP contribution in [0.15, 0.2) is 53.3 Å². The van der Waals surface area contributed by atoms with Crippen LogP contribution < -0.4 is 16.3 Å². The first kappa shape index (κ1) is 18.4. The van der Waals surface area contributed by atoms with E-state index in [9.17, 15) is 4.79 Å². The molecule has 0 radical (unpaired) electrons. The van der Waals surface area contributed by atoms with Gasteiger partial charge in [-0.25, -0.2) is 9.66 Å². The lowest BCUT2D eigenvalue weighted by molar-refractivity contribution is 0.703. The molecule has 1 heterocycles. The molecule has 7 heteroatoms. The normalized spacial score (nSPS) is 10.7. The summed E-state index contributed by atoms with van der Waals surface area (Å²) < 4.78 is 1.43. The number of hydrogen-bond acceptors (Lipinski definition) is 3. The number of fused-ring (bicyclic) bond motifs is 1. The Hall–Kier alpha value is -2.44. The van der Waals surface area contributed by atoms with Gasteiger partial charge in [-0.2, -0.15) is 0 Å². The largest absolute Gasteiger partial charge is 0.331 e. The molecule has 0 spiro atoms. The fourth-order valence-corrected chi connectivity index (χ4v) is 2.93. The van der Waals surface area contributed by atoms with Gasteiger partial charge in [0.2, 0.25) is 0 Å². The standard InChI is InChI=1S/C19H19ClN4OS/c1-2-3-8-17-22-16-7-5-4-6-15(16)18(25)24(17)23-19(26)21-14-11-9-13(20)10-12-14/h4-7,9-12H,2-3,8H2,1H3,(H2,21,23,26). The molecule has 0 amide bonds. The molecule has 0 atom stereocenters. The molecule has 0 fully saturated rings. The number of rotatable bonds is 5. The van der Waals surface area contributed by atoms with Gasteiger partial charge in [0.05, 0.1) is 10.9 Å². The van der Waals surface area contributed by atoms with E-state index in [1.54, 1.807) is 18.2 Å². The number of nitrogens with zero attached hydrogens (tertiary/aromatic N) is 2. The predicted molar refractivity (Wildman–Crippen MR) is 112 cm³/mol. The molecule has 2 N–H and O–H groups in total. The molecule has 0 aliphatic rings. The highest BCUT2D eigenvalue weighted by molar-refractivity contribution is 7.80. The third kappa shape index (κ3) is 4.20. The maximum atomic E-state index is 12.9. The van der Waals surface area contributed by atoms with Crippen molar-refractivity contribution in [2.75, 3.05) is 10.7 Å². The number of anilines is 1. The van der Waals surface area contributed by atoms with Crippen molar-refractivity contribution in [1.82, 2.24) is 9.66 Å². The smallest absolute Gasteiger partial charge is 0.280 e. The van der Waals surface area contributed by atoms with Crippen LogP contribution in [0.1, 0.15) is 25.6 Å². The Morgan fingerprint density at radius 2 is 1.92 bits per heavy atom. The number of benzene rings is 2. The summed E-state index contributed by atoms with van der Waals surface area (Å²) in [5.74, 6) is 0.663. The van der Waals surface area contributed by atoms with Crippen LogP contribution in [0.5, 0.6) is 0 Å². The molecule has 0 unspecified atom stereocenters. The highest BCUT2D eigenvalue weighted by Crippen LogP contribution is 2.13. The Labute approximate surface area is 162 Å². The molecule has 26 heavy (non-hydrogen) atoms. The summed E-state index contributed by atoms with van der Waals surface area (Å²) in [5.41, 5.74) is 4.28. The fourth-order valence-electron chi connectivity index (χ4n) is 2.59. The zero-order chi connectivity index (χ0) is 18.5. The monoisotopic (exact) mass is 386 g/mol. The van der Waals surface area contributed by atoms with Crippen LogP contribution in [0.3, 0.4) is 0 Å². The molecule has 3 rings (SSSR count). The van der Waals surface area contributed by atoms with Crippen LogP contribution >= 0.6 is 23.8 Å². The topological polar surface area (TPSA) is 59.0 Å². The number of para-hydroxylation sites is 1. The molecular formula is C19H19ClN4OS. The molecule has 0 aliphatic carbocycles. The number of hydrogen-bond donors (Lipinski definition) is 2. The Morgan fingerprint density at radius 3 is 2.65 bits per heavy atom. The maximum Gasteiger partial charge on any atom is 0.280 e. The summed E-state index contributed by atoms with van der Waals surface area (Å²) in [5, 5.41) is 4.56. The van der Waals surface area contributed by atoms with Crippen LogP contribution in [0.2, 0.25) is 5.02 Å². The van der Waals surface area contributed by atoms with E-state index in [1.807, 2.05) is 30.3 Å². The number of aromatic nitrogens is 2. The first-order valence-corrected chi connectivity index (χ1v) is 9.21. The number of halogens is 1. The van der Waals surface area contributed by atoms with Gasteiger partial charge < -0.3 is 5.32 Å². The zero-order valence-corrected chi connectivity index (χ0v) is 15.9. The molecule has 134 valence electrons. The Bertz CT molecular complexity index is 985. The second-order valence-electron chi connectivity index (χ2n) is 5.86. The summed E-state index contributed by atoms with van der Waals surface area (Å²) >= 11 is 11.3. The third-order valence-corrected chi connectivity index (χ3v) is 4.36. The molecule has 0 aliphatic heterocycles. The van der Waals surface area contributed by atoms with E-state index in [0.29, 0.717) is 33.3 Å². The molecule has 0 bridgehead atoms. The lowest BCUT2D eigenvalue weighted by atomic mass is 10.2. The Kier molecular flexibility index (Phi) is 5.85. The minimum atomic E-state index is -0.165. The SMILES string of the molecule is CCCCc1nc2ccccc2c(=O)n1NC(=S)Nc1ccc(Cl)cc1. The highest BCUT2D eigenvalue weighted by Gasteiger charge is 2.12. The van der Waals surface area contributed by atoms with Gasteiger partial charge in [-0.05, 0) is 55.0 Å². The number of nitrogens with one attached hydrogen (secondary N) is 2. The van der Waals surface area contributed by atoms with Gasteiger partial charge in [0.25, 0.3) is 5.56 Å². The van der Waals surface area contributed by atoms with Gasteiger partial charge in [0, 0.05) is 17.1 Å². The highest BCUT2D eigenvalue weighted by atomic mass is 35.5. The molecule has 0 saturated heterocycles. The van der Waals surface area contributed by atoms with E-state index in [-0.39, 0.29) is 5.56 Å². The summed E-state index contributed by atoms with van der Waals surface area (Å²) in [6.07, 6.45) is 2.63. The Balaban J connectivity index is 1.91. The van der Waals surface area contributed by atoms with Crippen LogP contribution in [0.4, 0.5) is 5.69 Å². The van der Waals surface area contributed by atoms with E-state index in [4.69, 9.17) is 23.8 Å². The summed E-state index contributed by atoms with van der Waals surface area (Å²) in [4.78, 5) is 17.5. The van der Waals surface area contributed by atoms with Gasteiger partial charge >= 0.3 is 0 Å². The summed E-state index contributed by atoms with van der Waals surface area (Å²) in [7, 11) is 0. The lowest BCUT2D eigenvalue weighted by Gasteiger charge is -2.16. The minimum absolute atomic E-state index is 0.165. The van der Waals surface area contributed by atoms with Gasteiger partial charge in [-0.3, -0.25) is 10.2 Å². The number of thiocarbonyl (C=S) groups is 1. The van der Waals surface area contributed by atoms with E-state index in [2.05, 4.69) is 22.7 Å². The van der Waals surface area contributed by atoms with Gasteiger partial charge in [-0.1, -0.05) is 37.1 Å². The van der Waals surface area contributed by atoms with Crippen molar-refractivity contribution in [3.8, 4) is 0 Å². The van der Waals surface area contributed by atoms with Crippen molar-refractivity contribution in [3.63, 3.8) is 0 Å². The number of aryl methyl sites for hydroxylation is 1. The molecule has 3 aromatic rings. The second kappa shape index (κ2) is 8.29. The van der Waals surface area contributed by atoms with Crippen LogP contribution in [0.25, 0.3) is 10.9 Å². The third-order valence-electron chi connectivity index (χ3n) is 3.91. The molecule has 2 aromatic carbocycles. The van der Waals surface area contributed by atoms with E-state index >= 15 is 0 Å². The fraction of sp³-hybridized carbons (Fsp3) is 0.211. The molecule has 1 aromatic heterocycles. The molecule has 5 nitrogen and oxygen atoms in total. The molecule has 0 saturated carbocycles. The van der Waals surface area contributed by atoms with Crippen molar-refractivity contribution in [2.24, 2.45) is 0 Å². The first-order valence-electron chi connectivity index (χ1n) is 8.42. The van der Waals surface area contributed by atoms with Crippen molar-refractivity contribution in [2.45, 2.75) is 26.2 Å². The van der Waals surface area contributed by atoms with E-state index < -0.39 is 0 Å². The van der Waals surface area contributed by atoms with Gasteiger partial charge in [0.15, 0.2) is 5.11 Å². The second-order valence-corrected chi connectivity index (χ2v) is 6.71. The van der Waals surface area contributed by atoms with Gasteiger partial charge in [0.1, 0.15) is 5.82 Å². The van der Waals surface area contributed by atoms with Crippen molar-refractivity contribution < 1.29 is 0 Å². The van der Waals surface area contributed by atoms with E-state index in [1.165, 1.54) is 4.68 Å².